The van der Waals surface area contributed by atoms with Gasteiger partial charge in [0.05, 0.1) is 0 Å². The third kappa shape index (κ3) is 6.03. The lowest BCUT2D eigenvalue weighted by molar-refractivity contribution is -0.127. The molecule has 0 aromatic heterocycles. The first kappa shape index (κ1) is 20.8. The summed E-state index contributed by atoms with van der Waals surface area (Å²) in [7, 11) is 0. The Kier molecular flexibility index (Phi) is 7.84. The van der Waals surface area contributed by atoms with Crippen LogP contribution in [-0.4, -0.2) is 24.3 Å². The predicted molar refractivity (Wildman–Crippen MR) is 118 cm³/mol. The van der Waals surface area contributed by atoms with Crippen molar-refractivity contribution in [2.24, 2.45) is 0 Å². The van der Waals surface area contributed by atoms with Crippen molar-refractivity contribution in [3.8, 4) is 5.75 Å². The number of hydrogen-bond donors (Lipinski definition) is 1. The smallest absolute Gasteiger partial charge is 0.261 e. The fraction of sp³-hybridized carbons (Fsp3) is 0.458. The van der Waals surface area contributed by atoms with Crippen LogP contribution in [0.25, 0.3) is 0 Å². The number of aryl methyl sites for hydroxylation is 3. The van der Waals surface area contributed by atoms with Crippen molar-refractivity contribution in [2.45, 2.75) is 57.8 Å². The molecule has 0 fully saturated rings. The van der Waals surface area contributed by atoms with Gasteiger partial charge in [-0.15, -0.1) is 0 Å². The highest BCUT2D eigenvalue weighted by Gasteiger charge is 2.19. The number of rotatable bonds is 9. The molecule has 1 amide bonds. The van der Waals surface area contributed by atoms with Crippen molar-refractivity contribution in [3.05, 3.63) is 64.7 Å². The Bertz CT molecular complexity index is 773. The molecule has 0 radical (unpaired) electrons. The number of nitrogens with one attached hydrogen (secondary N) is 1. The van der Waals surface area contributed by atoms with Gasteiger partial charge in [0, 0.05) is 18.1 Å². The summed E-state index contributed by atoms with van der Waals surface area (Å²) in [4.78, 5) is 12.5. The largest absolute Gasteiger partial charge is 0.481 e. The van der Waals surface area contributed by atoms with Crippen LogP contribution in [0.15, 0.2) is 42.5 Å². The SMILES string of the molecule is CC[C@H](Oc1ccc2c(c1)CCCC2)C(=O)NCCSCc1ccc(C)cc1. The number of carbonyl (C=O) groups excluding carboxylic acids is 1. The molecule has 4 heteroatoms. The van der Waals surface area contributed by atoms with E-state index in [-0.39, 0.29) is 5.91 Å². The van der Waals surface area contributed by atoms with E-state index in [1.807, 2.05) is 24.8 Å². The summed E-state index contributed by atoms with van der Waals surface area (Å²) >= 11 is 1.84. The highest BCUT2D eigenvalue weighted by Crippen LogP contribution is 2.26. The van der Waals surface area contributed by atoms with Gasteiger partial charge in [-0.05, 0) is 67.9 Å². The molecular formula is C24H31NO2S. The van der Waals surface area contributed by atoms with Crippen molar-refractivity contribution in [1.29, 1.82) is 0 Å². The molecule has 28 heavy (non-hydrogen) atoms. The van der Waals surface area contributed by atoms with E-state index in [1.54, 1.807) is 0 Å². The highest BCUT2D eigenvalue weighted by molar-refractivity contribution is 7.98. The van der Waals surface area contributed by atoms with E-state index in [0.717, 1.165) is 30.1 Å². The summed E-state index contributed by atoms with van der Waals surface area (Å²) in [5.41, 5.74) is 5.42. The van der Waals surface area contributed by atoms with Gasteiger partial charge in [0.25, 0.3) is 5.91 Å². The van der Waals surface area contributed by atoms with Gasteiger partial charge in [0.2, 0.25) is 0 Å². The highest BCUT2D eigenvalue weighted by atomic mass is 32.2. The molecule has 2 aromatic carbocycles. The first-order chi connectivity index (χ1) is 13.7. The normalized spacial score (nSPS) is 14.2. The maximum atomic E-state index is 12.5. The Balaban J connectivity index is 1.41. The van der Waals surface area contributed by atoms with Crippen molar-refractivity contribution in [2.75, 3.05) is 12.3 Å². The van der Waals surface area contributed by atoms with E-state index in [2.05, 4.69) is 48.6 Å². The number of benzene rings is 2. The quantitative estimate of drug-likeness (QED) is 0.600. The first-order valence-corrected chi connectivity index (χ1v) is 11.5. The summed E-state index contributed by atoms with van der Waals surface area (Å²) in [5, 5.41) is 3.03. The Morgan fingerprint density at radius 3 is 2.61 bits per heavy atom. The van der Waals surface area contributed by atoms with Gasteiger partial charge in [-0.2, -0.15) is 11.8 Å². The van der Waals surface area contributed by atoms with Gasteiger partial charge in [-0.1, -0.05) is 42.8 Å². The molecule has 2 aromatic rings. The summed E-state index contributed by atoms with van der Waals surface area (Å²) in [6.07, 6.45) is 5.04. The molecule has 3 nitrogen and oxygen atoms in total. The molecule has 1 aliphatic rings. The second kappa shape index (κ2) is 10.6. The number of hydrogen-bond acceptors (Lipinski definition) is 3. The molecule has 1 atom stereocenters. The molecule has 0 bridgehead atoms. The summed E-state index contributed by atoms with van der Waals surface area (Å²) in [6, 6.07) is 14.9. The van der Waals surface area contributed by atoms with Crippen LogP contribution in [0.5, 0.6) is 5.75 Å². The van der Waals surface area contributed by atoms with Gasteiger partial charge in [-0.3, -0.25) is 4.79 Å². The number of fused-ring (bicyclic) bond motifs is 1. The third-order valence-electron chi connectivity index (χ3n) is 5.20. The first-order valence-electron chi connectivity index (χ1n) is 10.3. The molecule has 1 N–H and O–H groups in total. The van der Waals surface area contributed by atoms with E-state index in [4.69, 9.17) is 4.74 Å². The van der Waals surface area contributed by atoms with E-state index >= 15 is 0 Å². The van der Waals surface area contributed by atoms with Crippen LogP contribution in [0.1, 0.15) is 48.4 Å². The second-order valence-corrected chi connectivity index (χ2v) is 8.59. The molecule has 0 saturated heterocycles. The number of carbonyl (C=O) groups is 1. The molecule has 0 saturated carbocycles. The van der Waals surface area contributed by atoms with E-state index in [0.29, 0.717) is 13.0 Å². The fourth-order valence-electron chi connectivity index (χ4n) is 3.50. The van der Waals surface area contributed by atoms with Gasteiger partial charge in [-0.25, -0.2) is 0 Å². The summed E-state index contributed by atoms with van der Waals surface area (Å²) in [6.45, 7) is 4.76. The van der Waals surface area contributed by atoms with Crippen molar-refractivity contribution in [3.63, 3.8) is 0 Å². The Hall–Kier alpha value is -1.94. The average Bonchev–Trinajstić information content (AvgIpc) is 2.72. The average molecular weight is 398 g/mol. The van der Waals surface area contributed by atoms with Crippen LogP contribution in [0.2, 0.25) is 0 Å². The second-order valence-electron chi connectivity index (χ2n) is 7.48. The van der Waals surface area contributed by atoms with Crippen molar-refractivity contribution >= 4 is 17.7 Å². The summed E-state index contributed by atoms with van der Waals surface area (Å²) < 4.78 is 6.01. The Labute approximate surface area is 173 Å². The van der Waals surface area contributed by atoms with Crippen LogP contribution in [0.3, 0.4) is 0 Å². The molecule has 1 aliphatic carbocycles. The molecule has 0 heterocycles. The number of ether oxygens (including phenoxy) is 1. The topological polar surface area (TPSA) is 38.3 Å². The standard InChI is InChI=1S/C24H31NO2S/c1-3-23(27-22-13-12-20-6-4-5-7-21(20)16-22)24(26)25-14-15-28-17-19-10-8-18(2)9-11-19/h8-13,16,23H,3-7,14-15,17H2,1-2H3,(H,25,26)/t23-/m0/s1. The maximum Gasteiger partial charge on any atom is 0.261 e. The minimum Gasteiger partial charge on any atom is -0.481 e. The van der Waals surface area contributed by atoms with Crippen LogP contribution < -0.4 is 10.1 Å². The van der Waals surface area contributed by atoms with Gasteiger partial charge in [0.1, 0.15) is 5.75 Å². The van der Waals surface area contributed by atoms with Gasteiger partial charge >= 0.3 is 0 Å². The Morgan fingerprint density at radius 2 is 1.86 bits per heavy atom. The van der Waals surface area contributed by atoms with Crippen LogP contribution in [0.4, 0.5) is 0 Å². The van der Waals surface area contributed by atoms with Crippen molar-refractivity contribution < 1.29 is 9.53 Å². The van der Waals surface area contributed by atoms with Crippen LogP contribution in [-0.2, 0) is 23.4 Å². The molecule has 0 spiro atoms. The van der Waals surface area contributed by atoms with Crippen molar-refractivity contribution in [1.82, 2.24) is 5.32 Å². The van der Waals surface area contributed by atoms with Gasteiger partial charge in [0.15, 0.2) is 6.10 Å². The van der Waals surface area contributed by atoms with E-state index in [9.17, 15) is 4.79 Å². The maximum absolute atomic E-state index is 12.5. The van der Waals surface area contributed by atoms with E-state index < -0.39 is 6.10 Å². The zero-order valence-electron chi connectivity index (χ0n) is 17.0. The number of thioether (sulfide) groups is 1. The lowest BCUT2D eigenvalue weighted by Gasteiger charge is -2.20. The minimum atomic E-state index is -0.427. The lowest BCUT2D eigenvalue weighted by Crippen LogP contribution is -2.39. The molecule has 0 aliphatic heterocycles. The lowest BCUT2D eigenvalue weighted by atomic mass is 9.92. The van der Waals surface area contributed by atoms with E-state index in [1.165, 1.54) is 35.1 Å². The van der Waals surface area contributed by atoms with Gasteiger partial charge < -0.3 is 10.1 Å². The summed E-state index contributed by atoms with van der Waals surface area (Å²) in [5.74, 6) is 2.67. The molecule has 0 unspecified atom stereocenters. The molecule has 150 valence electrons. The fourth-order valence-corrected chi connectivity index (χ4v) is 4.32. The zero-order chi connectivity index (χ0) is 19.8. The Morgan fingerprint density at radius 1 is 1.11 bits per heavy atom. The van der Waals surface area contributed by atoms with Crippen LogP contribution >= 0.6 is 11.8 Å². The monoisotopic (exact) mass is 397 g/mol. The predicted octanol–water partition coefficient (Wildman–Crippen LogP) is 5.08. The number of amides is 1. The third-order valence-corrected chi connectivity index (χ3v) is 6.23. The van der Waals surface area contributed by atoms with Crippen LogP contribution in [0, 0.1) is 6.92 Å². The molecule has 3 rings (SSSR count). The zero-order valence-corrected chi connectivity index (χ0v) is 17.8. The molecular weight excluding hydrogens is 366 g/mol. The minimum absolute atomic E-state index is 0.0174.